The minimum atomic E-state index is -3.95. The molecule has 32 heavy (non-hydrogen) atoms. The fraction of sp³-hybridized carbons (Fsp3) is 0.0741. The van der Waals surface area contributed by atoms with Gasteiger partial charge in [-0.3, -0.25) is 0 Å². The van der Waals surface area contributed by atoms with E-state index in [0.717, 1.165) is 22.3 Å². The Kier molecular flexibility index (Phi) is 6.47. The zero-order valence-corrected chi connectivity index (χ0v) is 18.6. The van der Waals surface area contributed by atoms with Crippen molar-refractivity contribution in [2.24, 2.45) is 5.10 Å². The molecule has 0 fully saturated rings. The van der Waals surface area contributed by atoms with Gasteiger partial charge in [-0.15, -0.1) is 0 Å². The first-order valence-electron chi connectivity index (χ1n) is 10.4. The molecule has 0 amide bonds. The van der Waals surface area contributed by atoms with Crippen LogP contribution >= 0.6 is 0 Å². The Balaban J connectivity index is 1.90. The zero-order chi connectivity index (χ0) is 22.4. The van der Waals surface area contributed by atoms with Gasteiger partial charge in [-0.25, -0.2) is 0 Å². The summed E-state index contributed by atoms with van der Waals surface area (Å²) in [5, 5.41) is 4.54. The lowest BCUT2D eigenvalue weighted by atomic mass is 9.99. The van der Waals surface area contributed by atoms with Crippen molar-refractivity contribution in [1.29, 1.82) is 0 Å². The maximum Gasteiger partial charge on any atom is 0.279 e. The van der Waals surface area contributed by atoms with Gasteiger partial charge in [0, 0.05) is 0 Å². The quantitative estimate of drug-likeness (QED) is 0.269. The van der Waals surface area contributed by atoms with Crippen LogP contribution in [0.25, 0.3) is 0 Å². The van der Waals surface area contributed by atoms with E-state index in [2.05, 4.69) is 5.10 Å². The smallest absolute Gasteiger partial charge is 0.200 e. The summed E-state index contributed by atoms with van der Waals surface area (Å²) < 4.78 is 28.9. The lowest BCUT2D eigenvalue weighted by Crippen LogP contribution is -2.31. The molecule has 0 saturated heterocycles. The first-order valence-corrected chi connectivity index (χ1v) is 11.8. The number of aryl methyl sites for hydroxylation is 1. The topological polar surface area (TPSA) is 49.7 Å². The van der Waals surface area contributed by atoms with Gasteiger partial charge in [0.1, 0.15) is 6.04 Å². The van der Waals surface area contributed by atoms with Crippen molar-refractivity contribution in [3.63, 3.8) is 0 Å². The minimum Gasteiger partial charge on any atom is -0.200 e. The maximum absolute atomic E-state index is 13.9. The van der Waals surface area contributed by atoms with Crippen molar-refractivity contribution >= 4 is 16.2 Å². The molecule has 0 N–H and O–H groups in total. The lowest BCUT2D eigenvalue weighted by Gasteiger charge is -2.29. The van der Waals surface area contributed by atoms with E-state index in [0.29, 0.717) is 0 Å². The van der Waals surface area contributed by atoms with Crippen LogP contribution < -0.4 is 0 Å². The highest BCUT2D eigenvalue weighted by atomic mass is 32.2. The summed E-state index contributed by atoms with van der Waals surface area (Å²) in [7, 11) is -3.95. The molecule has 4 rings (SSSR count). The molecule has 0 heterocycles. The van der Waals surface area contributed by atoms with Gasteiger partial charge in [-0.05, 0) is 35.7 Å². The summed E-state index contributed by atoms with van der Waals surface area (Å²) in [5.41, 5.74) is 3.47. The summed E-state index contributed by atoms with van der Waals surface area (Å²) in [5.74, 6) is 0. The normalized spacial score (nSPS) is 11.7. The molecular weight excluding hydrogens is 416 g/mol. The predicted molar refractivity (Wildman–Crippen MR) is 129 cm³/mol. The van der Waals surface area contributed by atoms with Crippen LogP contribution in [0.3, 0.4) is 0 Å². The molecule has 4 nitrogen and oxygen atoms in total. The Morgan fingerprint density at radius 3 is 1.66 bits per heavy atom. The predicted octanol–water partition coefficient (Wildman–Crippen LogP) is 5.81. The van der Waals surface area contributed by atoms with E-state index in [1.807, 2.05) is 97.9 Å². The van der Waals surface area contributed by atoms with Crippen molar-refractivity contribution < 1.29 is 8.42 Å². The molecule has 0 aromatic heterocycles. The third-order valence-corrected chi connectivity index (χ3v) is 6.80. The summed E-state index contributed by atoms with van der Waals surface area (Å²) in [6.07, 6.45) is 1.59. The summed E-state index contributed by atoms with van der Waals surface area (Å²) in [4.78, 5) is 0.199. The molecule has 0 atom stereocenters. The van der Waals surface area contributed by atoms with Crippen LogP contribution in [-0.2, 0) is 10.0 Å². The number of rotatable bonds is 7. The molecule has 0 aliphatic heterocycles. The van der Waals surface area contributed by atoms with Crippen LogP contribution in [0.5, 0.6) is 0 Å². The van der Waals surface area contributed by atoms with Gasteiger partial charge in [0.2, 0.25) is 0 Å². The van der Waals surface area contributed by atoms with Crippen LogP contribution in [0.2, 0.25) is 0 Å². The molecule has 0 radical (unpaired) electrons. The molecule has 0 bridgehead atoms. The number of sulfonamides is 1. The lowest BCUT2D eigenvalue weighted by molar-refractivity contribution is 0.378. The van der Waals surface area contributed by atoms with Crippen LogP contribution in [0.15, 0.2) is 125 Å². The number of nitrogens with zero attached hydrogens (tertiary/aromatic N) is 2. The van der Waals surface area contributed by atoms with E-state index in [1.54, 1.807) is 30.5 Å². The standard InChI is InChI=1S/C27H24N2O2S/c1-22-17-19-26(20-18-22)32(30,31)29(28-21-23-11-5-2-6-12-23)27(24-13-7-3-8-14-24)25-15-9-4-10-16-25/h2-21,27H,1H3/b28-21+. The summed E-state index contributed by atoms with van der Waals surface area (Å²) in [6.45, 7) is 1.93. The van der Waals surface area contributed by atoms with Crippen LogP contribution in [0.1, 0.15) is 28.3 Å². The van der Waals surface area contributed by atoms with Gasteiger partial charge in [0.05, 0.1) is 11.1 Å². The number of hydrogen-bond acceptors (Lipinski definition) is 3. The molecule has 4 aromatic carbocycles. The van der Waals surface area contributed by atoms with E-state index in [-0.39, 0.29) is 4.90 Å². The molecule has 0 unspecified atom stereocenters. The summed E-state index contributed by atoms with van der Waals surface area (Å²) in [6, 6.07) is 34.9. The Hall–Kier alpha value is -3.70. The highest BCUT2D eigenvalue weighted by Gasteiger charge is 2.32. The molecule has 0 aliphatic carbocycles. The second-order valence-corrected chi connectivity index (χ2v) is 9.27. The van der Waals surface area contributed by atoms with E-state index < -0.39 is 16.1 Å². The molecule has 160 valence electrons. The molecular formula is C27H24N2O2S. The zero-order valence-electron chi connectivity index (χ0n) is 17.7. The third kappa shape index (κ3) is 4.79. The Labute approximate surface area is 189 Å². The van der Waals surface area contributed by atoms with Crippen molar-refractivity contribution in [3.8, 4) is 0 Å². The van der Waals surface area contributed by atoms with Crippen LogP contribution in [-0.4, -0.2) is 19.0 Å². The van der Waals surface area contributed by atoms with E-state index >= 15 is 0 Å². The van der Waals surface area contributed by atoms with Gasteiger partial charge < -0.3 is 0 Å². The summed E-state index contributed by atoms with van der Waals surface area (Å²) >= 11 is 0. The largest absolute Gasteiger partial charge is 0.279 e. The SMILES string of the molecule is Cc1ccc(S(=O)(=O)N(/N=C/c2ccccc2)C(c2ccccc2)c2ccccc2)cc1. The number of benzene rings is 4. The first kappa shape index (κ1) is 21.5. The fourth-order valence-corrected chi connectivity index (χ4v) is 4.85. The fourth-order valence-electron chi connectivity index (χ4n) is 3.47. The number of hydrazone groups is 1. The van der Waals surface area contributed by atoms with Gasteiger partial charge >= 0.3 is 0 Å². The molecule has 5 heteroatoms. The molecule has 0 aliphatic rings. The molecule has 0 saturated carbocycles. The molecule has 4 aromatic rings. The molecule has 0 spiro atoms. The van der Waals surface area contributed by atoms with E-state index in [4.69, 9.17) is 0 Å². The Bertz CT molecular complexity index is 1230. The van der Waals surface area contributed by atoms with Gasteiger partial charge in [-0.1, -0.05) is 109 Å². The van der Waals surface area contributed by atoms with E-state index in [1.165, 1.54) is 4.41 Å². The van der Waals surface area contributed by atoms with E-state index in [9.17, 15) is 8.42 Å². The highest BCUT2D eigenvalue weighted by molar-refractivity contribution is 7.89. The Morgan fingerprint density at radius 1 is 0.688 bits per heavy atom. The second kappa shape index (κ2) is 9.62. The van der Waals surface area contributed by atoms with Crippen molar-refractivity contribution in [1.82, 2.24) is 4.41 Å². The van der Waals surface area contributed by atoms with Crippen molar-refractivity contribution in [2.45, 2.75) is 17.9 Å². The van der Waals surface area contributed by atoms with Gasteiger partial charge in [0.25, 0.3) is 10.0 Å². The maximum atomic E-state index is 13.9. The average molecular weight is 441 g/mol. The van der Waals surface area contributed by atoms with Crippen LogP contribution in [0.4, 0.5) is 0 Å². The highest BCUT2D eigenvalue weighted by Crippen LogP contribution is 2.34. The monoisotopic (exact) mass is 440 g/mol. The van der Waals surface area contributed by atoms with Gasteiger partial charge in [0.15, 0.2) is 0 Å². The van der Waals surface area contributed by atoms with Gasteiger partial charge in [-0.2, -0.15) is 17.9 Å². The van der Waals surface area contributed by atoms with Crippen molar-refractivity contribution in [3.05, 3.63) is 138 Å². The second-order valence-electron chi connectivity index (χ2n) is 7.47. The number of hydrogen-bond donors (Lipinski definition) is 0. The first-order chi connectivity index (χ1) is 15.6. The average Bonchev–Trinajstić information content (AvgIpc) is 2.83. The Morgan fingerprint density at radius 2 is 1.16 bits per heavy atom. The van der Waals surface area contributed by atoms with Crippen LogP contribution in [0, 0.1) is 6.92 Å². The third-order valence-electron chi connectivity index (χ3n) is 5.14. The van der Waals surface area contributed by atoms with Crippen molar-refractivity contribution in [2.75, 3.05) is 0 Å². The minimum absolute atomic E-state index is 0.199.